The molecular formula is C15H15ClN4O4S. The van der Waals surface area contributed by atoms with Crippen molar-refractivity contribution in [2.24, 2.45) is 0 Å². The van der Waals surface area contributed by atoms with E-state index in [0.29, 0.717) is 5.02 Å². The molecule has 1 saturated heterocycles. The molecule has 1 aliphatic heterocycles. The second kappa shape index (κ2) is 6.95. The van der Waals surface area contributed by atoms with Crippen LogP contribution in [0.4, 0.5) is 0 Å². The highest BCUT2D eigenvalue weighted by atomic mass is 35.5. The number of piperazine rings is 1. The van der Waals surface area contributed by atoms with Gasteiger partial charge < -0.3 is 4.90 Å². The van der Waals surface area contributed by atoms with Crippen molar-refractivity contribution in [1.29, 1.82) is 0 Å². The molecule has 0 radical (unpaired) electrons. The van der Waals surface area contributed by atoms with Gasteiger partial charge >= 0.3 is 0 Å². The van der Waals surface area contributed by atoms with Crippen LogP contribution in [-0.2, 0) is 10.0 Å². The zero-order chi connectivity index (χ0) is 18.0. The van der Waals surface area contributed by atoms with Crippen LogP contribution >= 0.6 is 11.6 Å². The Kier molecular flexibility index (Phi) is 4.89. The summed E-state index contributed by atoms with van der Waals surface area (Å²) in [5.41, 5.74) is -0.278. The number of aromatic nitrogens is 2. The van der Waals surface area contributed by atoms with Crippen molar-refractivity contribution in [3.63, 3.8) is 0 Å². The van der Waals surface area contributed by atoms with Gasteiger partial charge in [-0.3, -0.25) is 9.59 Å². The number of H-pyrrole nitrogens is 1. The maximum Gasteiger partial charge on any atom is 0.274 e. The zero-order valence-electron chi connectivity index (χ0n) is 13.1. The lowest BCUT2D eigenvalue weighted by molar-refractivity contribution is 0.0690. The molecule has 1 amide bonds. The van der Waals surface area contributed by atoms with Gasteiger partial charge in [-0.2, -0.15) is 9.40 Å². The van der Waals surface area contributed by atoms with Gasteiger partial charge in [0.1, 0.15) is 5.69 Å². The number of nitrogens with zero attached hydrogens (tertiary/aromatic N) is 3. The Labute approximate surface area is 149 Å². The number of carbonyl (C=O) groups excluding carboxylic acids is 1. The lowest BCUT2D eigenvalue weighted by atomic mass is 10.3. The number of benzene rings is 1. The molecule has 0 bridgehead atoms. The summed E-state index contributed by atoms with van der Waals surface area (Å²) in [6.07, 6.45) is 0. The highest BCUT2D eigenvalue weighted by Crippen LogP contribution is 2.21. The van der Waals surface area contributed by atoms with E-state index in [1.54, 1.807) is 12.1 Å². The summed E-state index contributed by atoms with van der Waals surface area (Å²) < 4.78 is 26.6. The average Bonchev–Trinajstić information content (AvgIpc) is 2.62. The van der Waals surface area contributed by atoms with E-state index in [1.807, 2.05) is 0 Å². The number of carbonyl (C=O) groups is 1. The summed E-state index contributed by atoms with van der Waals surface area (Å²) >= 11 is 5.87. The van der Waals surface area contributed by atoms with Crippen LogP contribution in [-0.4, -0.2) is 59.9 Å². The molecule has 8 nitrogen and oxygen atoms in total. The minimum Gasteiger partial charge on any atom is -0.335 e. The van der Waals surface area contributed by atoms with Crippen LogP contribution in [0.15, 0.2) is 46.1 Å². The average molecular weight is 383 g/mol. The maximum absolute atomic E-state index is 12.6. The SMILES string of the molecule is O=C(c1ccc(=O)[nH]n1)N1CCN(S(=O)(=O)c2cccc(Cl)c2)CC1. The van der Waals surface area contributed by atoms with Gasteiger partial charge in [0.2, 0.25) is 10.0 Å². The molecule has 2 heterocycles. The van der Waals surface area contributed by atoms with Crippen molar-refractivity contribution in [2.45, 2.75) is 4.90 Å². The molecule has 1 aliphatic rings. The number of hydrogen-bond acceptors (Lipinski definition) is 5. The molecule has 2 aromatic rings. The van der Waals surface area contributed by atoms with Crippen molar-refractivity contribution >= 4 is 27.5 Å². The second-order valence-electron chi connectivity index (χ2n) is 5.46. The highest BCUT2D eigenvalue weighted by molar-refractivity contribution is 7.89. The minimum atomic E-state index is -3.66. The molecule has 1 N–H and O–H groups in total. The number of hydrogen-bond donors (Lipinski definition) is 1. The number of aromatic amines is 1. The normalized spacial score (nSPS) is 16.0. The third kappa shape index (κ3) is 3.73. The Balaban J connectivity index is 1.70. The van der Waals surface area contributed by atoms with Gasteiger partial charge in [0, 0.05) is 37.3 Å². The Morgan fingerprint density at radius 1 is 1.12 bits per heavy atom. The van der Waals surface area contributed by atoms with Crippen molar-refractivity contribution in [3.05, 3.63) is 57.5 Å². The molecule has 3 rings (SSSR count). The molecule has 0 aliphatic carbocycles. The summed E-state index contributed by atoms with van der Waals surface area (Å²) in [6, 6.07) is 8.64. The van der Waals surface area contributed by atoms with E-state index in [-0.39, 0.29) is 42.7 Å². The largest absolute Gasteiger partial charge is 0.335 e. The van der Waals surface area contributed by atoms with E-state index in [0.717, 1.165) is 0 Å². The number of nitrogens with one attached hydrogen (secondary N) is 1. The van der Waals surface area contributed by atoms with Crippen molar-refractivity contribution < 1.29 is 13.2 Å². The Morgan fingerprint density at radius 3 is 2.44 bits per heavy atom. The first-order valence-corrected chi connectivity index (χ1v) is 9.30. The molecule has 1 aromatic carbocycles. The van der Waals surface area contributed by atoms with E-state index in [1.165, 1.54) is 33.5 Å². The Bertz CT molecular complexity index is 932. The molecule has 0 saturated carbocycles. The first-order valence-electron chi connectivity index (χ1n) is 7.49. The fourth-order valence-corrected chi connectivity index (χ4v) is 4.26. The molecule has 0 atom stereocenters. The Hall–Kier alpha value is -2.23. The molecule has 10 heteroatoms. The van der Waals surface area contributed by atoms with E-state index < -0.39 is 15.6 Å². The Morgan fingerprint density at radius 2 is 1.84 bits per heavy atom. The number of halogens is 1. The van der Waals surface area contributed by atoms with Crippen LogP contribution in [0.25, 0.3) is 0 Å². The standard InChI is InChI=1S/C15H15ClN4O4S/c16-11-2-1-3-12(10-11)25(23,24)20-8-6-19(7-9-20)15(22)13-4-5-14(21)18-17-13/h1-5,10H,6-9H2,(H,18,21). The molecule has 132 valence electrons. The second-order valence-corrected chi connectivity index (χ2v) is 7.83. The third-order valence-corrected chi connectivity index (χ3v) is 5.99. The first-order chi connectivity index (χ1) is 11.9. The fraction of sp³-hybridized carbons (Fsp3) is 0.267. The van der Waals surface area contributed by atoms with Gasteiger partial charge in [0.15, 0.2) is 0 Å². The van der Waals surface area contributed by atoms with E-state index in [2.05, 4.69) is 10.2 Å². The molecule has 0 unspecified atom stereocenters. The maximum atomic E-state index is 12.6. The molecule has 1 aromatic heterocycles. The molecule has 1 fully saturated rings. The number of sulfonamides is 1. The van der Waals surface area contributed by atoms with Gasteiger partial charge in [-0.15, -0.1) is 0 Å². The number of amides is 1. The van der Waals surface area contributed by atoms with Crippen LogP contribution in [0, 0.1) is 0 Å². The summed E-state index contributed by atoms with van der Waals surface area (Å²) in [4.78, 5) is 25.0. The van der Waals surface area contributed by atoms with Crippen LogP contribution in [0.2, 0.25) is 5.02 Å². The van der Waals surface area contributed by atoms with Crippen molar-refractivity contribution in [1.82, 2.24) is 19.4 Å². The van der Waals surface area contributed by atoms with Crippen molar-refractivity contribution in [3.8, 4) is 0 Å². The summed E-state index contributed by atoms with van der Waals surface area (Å²) in [6.45, 7) is 0.812. The van der Waals surface area contributed by atoms with E-state index in [9.17, 15) is 18.0 Å². The van der Waals surface area contributed by atoms with Gasteiger partial charge in [-0.25, -0.2) is 13.5 Å². The topological polar surface area (TPSA) is 103 Å². The summed E-state index contributed by atoms with van der Waals surface area (Å²) in [5.74, 6) is -0.351. The quantitative estimate of drug-likeness (QED) is 0.835. The fourth-order valence-electron chi connectivity index (χ4n) is 2.53. The lowest BCUT2D eigenvalue weighted by Gasteiger charge is -2.33. The van der Waals surface area contributed by atoms with E-state index in [4.69, 9.17) is 11.6 Å². The van der Waals surface area contributed by atoms with Crippen molar-refractivity contribution in [2.75, 3.05) is 26.2 Å². The number of rotatable bonds is 3. The highest BCUT2D eigenvalue weighted by Gasteiger charge is 2.30. The predicted molar refractivity (Wildman–Crippen MR) is 91.0 cm³/mol. The molecule has 25 heavy (non-hydrogen) atoms. The zero-order valence-corrected chi connectivity index (χ0v) is 14.6. The third-order valence-electron chi connectivity index (χ3n) is 3.86. The van der Waals surface area contributed by atoms with Crippen LogP contribution in [0.5, 0.6) is 0 Å². The monoisotopic (exact) mass is 382 g/mol. The smallest absolute Gasteiger partial charge is 0.274 e. The minimum absolute atomic E-state index is 0.116. The first kappa shape index (κ1) is 17.6. The van der Waals surface area contributed by atoms with Gasteiger partial charge in [0.25, 0.3) is 11.5 Å². The van der Waals surface area contributed by atoms with Crippen LogP contribution in [0.1, 0.15) is 10.5 Å². The van der Waals surface area contributed by atoms with Gasteiger partial charge in [-0.05, 0) is 24.3 Å². The summed E-state index contributed by atoms with van der Waals surface area (Å²) in [7, 11) is -3.66. The van der Waals surface area contributed by atoms with E-state index >= 15 is 0 Å². The van der Waals surface area contributed by atoms with Gasteiger partial charge in [0.05, 0.1) is 4.90 Å². The van der Waals surface area contributed by atoms with Gasteiger partial charge in [-0.1, -0.05) is 17.7 Å². The predicted octanol–water partition coefficient (Wildman–Crippen LogP) is 0.570. The van der Waals surface area contributed by atoms with Crippen LogP contribution in [0.3, 0.4) is 0 Å². The molecular weight excluding hydrogens is 368 g/mol. The molecule has 0 spiro atoms. The summed E-state index contributed by atoms with van der Waals surface area (Å²) in [5, 5.41) is 6.26. The van der Waals surface area contributed by atoms with Crippen LogP contribution < -0.4 is 5.56 Å². The lowest BCUT2D eigenvalue weighted by Crippen LogP contribution is -2.50.